The molecule has 0 aromatic heterocycles. The molecule has 0 fully saturated rings. The van der Waals surface area contributed by atoms with E-state index in [2.05, 4.69) is 18.9 Å². The predicted octanol–water partition coefficient (Wildman–Crippen LogP) is 4.81. The summed E-state index contributed by atoms with van der Waals surface area (Å²) in [7, 11) is 0. The summed E-state index contributed by atoms with van der Waals surface area (Å²) in [5, 5.41) is 0. The van der Waals surface area contributed by atoms with Crippen molar-refractivity contribution in [1.82, 2.24) is 0 Å². The normalized spacial score (nSPS) is 11.5. The van der Waals surface area contributed by atoms with Crippen molar-refractivity contribution >= 4 is 11.4 Å². The van der Waals surface area contributed by atoms with Gasteiger partial charge in [0.05, 0.1) is 5.70 Å². The molecule has 0 saturated carbocycles. The first-order chi connectivity index (χ1) is 12.9. The number of hydrogen-bond donors (Lipinski definition) is 1. The smallest absolute Gasteiger partial charge is 0.129 e. The molecule has 0 unspecified atom stereocenters. The van der Waals surface area contributed by atoms with Gasteiger partial charge in [0.2, 0.25) is 0 Å². The Hall–Kier alpha value is -2.99. The van der Waals surface area contributed by atoms with Gasteiger partial charge in [0, 0.05) is 6.42 Å². The summed E-state index contributed by atoms with van der Waals surface area (Å²) in [5.74, 6) is 3.58. The lowest BCUT2D eigenvalue weighted by Gasteiger charge is -2.14. The largest absolute Gasteiger partial charge is 0.489 e. The first kappa shape index (κ1) is 20.3. The van der Waals surface area contributed by atoms with E-state index >= 15 is 0 Å². The Morgan fingerprint density at radius 2 is 1.93 bits per heavy atom. The molecule has 0 heterocycles. The van der Waals surface area contributed by atoms with E-state index in [-0.39, 0.29) is 5.78 Å². The Bertz CT molecular complexity index is 887. The maximum atomic E-state index is 11.2. The number of benzene rings is 2. The van der Waals surface area contributed by atoms with Crippen molar-refractivity contribution in [1.29, 1.82) is 0 Å². The third kappa shape index (κ3) is 5.76. The number of terminal acetylenes is 1. The van der Waals surface area contributed by atoms with E-state index in [4.69, 9.17) is 16.9 Å². The van der Waals surface area contributed by atoms with E-state index in [0.717, 1.165) is 35.3 Å². The highest BCUT2D eigenvalue weighted by atomic mass is 16.5. The minimum absolute atomic E-state index is 0.220. The number of nitrogens with two attached hydrogens (primary N) is 1. The SMILES string of the molecule is C#C/C(N)=C(/C)c1cccc(COc2cccc(C)c2CCCC(C)=O)c1. The van der Waals surface area contributed by atoms with E-state index in [9.17, 15) is 4.79 Å². The monoisotopic (exact) mass is 361 g/mol. The van der Waals surface area contributed by atoms with Crippen molar-refractivity contribution in [3.05, 3.63) is 70.4 Å². The molecule has 0 amide bonds. The van der Waals surface area contributed by atoms with Gasteiger partial charge < -0.3 is 15.3 Å². The predicted molar refractivity (Wildman–Crippen MR) is 111 cm³/mol. The van der Waals surface area contributed by atoms with Crippen molar-refractivity contribution in [2.45, 2.75) is 46.6 Å². The fraction of sp³-hybridized carbons (Fsp3) is 0.292. The molecule has 2 N–H and O–H groups in total. The Labute approximate surface area is 162 Å². The topological polar surface area (TPSA) is 52.3 Å². The lowest BCUT2D eigenvalue weighted by atomic mass is 10.0. The second-order valence-corrected chi connectivity index (χ2v) is 6.78. The van der Waals surface area contributed by atoms with Crippen LogP contribution >= 0.6 is 0 Å². The van der Waals surface area contributed by atoms with Crippen LogP contribution in [0.3, 0.4) is 0 Å². The number of hydrogen-bond acceptors (Lipinski definition) is 3. The summed E-state index contributed by atoms with van der Waals surface area (Å²) in [4.78, 5) is 11.2. The van der Waals surface area contributed by atoms with Crippen LogP contribution in [0.2, 0.25) is 0 Å². The number of ketones is 1. The molecule has 0 spiro atoms. The van der Waals surface area contributed by atoms with Gasteiger partial charge in [-0.2, -0.15) is 0 Å². The molecule has 3 heteroatoms. The number of carbonyl (C=O) groups is 1. The van der Waals surface area contributed by atoms with Gasteiger partial charge in [0.1, 0.15) is 18.1 Å². The average molecular weight is 361 g/mol. The number of carbonyl (C=O) groups excluding carboxylic acids is 1. The first-order valence-corrected chi connectivity index (χ1v) is 9.15. The highest BCUT2D eigenvalue weighted by molar-refractivity contribution is 5.75. The minimum atomic E-state index is 0.220. The Balaban J connectivity index is 2.14. The molecule has 0 aliphatic carbocycles. The zero-order valence-electron chi connectivity index (χ0n) is 16.3. The average Bonchev–Trinajstić information content (AvgIpc) is 2.66. The van der Waals surface area contributed by atoms with Crippen LogP contribution in [0.5, 0.6) is 5.75 Å². The number of ether oxygens (including phenoxy) is 1. The van der Waals surface area contributed by atoms with E-state index in [1.165, 1.54) is 11.1 Å². The lowest BCUT2D eigenvalue weighted by Crippen LogP contribution is -2.02. The maximum Gasteiger partial charge on any atom is 0.129 e. The fourth-order valence-electron chi connectivity index (χ4n) is 2.96. The fourth-order valence-corrected chi connectivity index (χ4v) is 2.96. The summed E-state index contributed by atoms with van der Waals surface area (Å²) in [6, 6.07) is 14.1. The molecule has 27 heavy (non-hydrogen) atoms. The highest BCUT2D eigenvalue weighted by Gasteiger charge is 2.09. The standard InChI is InChI=1S/C24H27NO2/c1-5-23(25)19(4)21-12-8-11-20(15-21)16-27-24-14-6-9-17(2)22(24)13-7-10-18(3)26/h1,6,8-9,11-12,14-15H,7,10,13,16,25H2,2-4H3/b23-19+. The number of allylic oxidation sites excluding steroid dienone is 2. The van der Waals surface area contributed by atoms with Crippen LogP contribution in [0.25, 0.3) is 5.57 Å². The van der Waals surface area contributed by atoms with Gasteiger partial charge in [0.15, 0.2) is 0 Å². The molecular formula is C24H27NO2. The summed E-state index contributed by atoms with van der Waals surface area (Å²) in [6.07, 6.45) is 7.66. The van der Waals surface area contributed by atoms with Crippen LogP contribution in [0.4, 0.5) is 0 Å². The van der Waals surface area contributed by atoms with E-state index < -0.39 is 0 Å². The van der Waals surface area contributed by atoms with Crippen LogP contribution in [0, 0.1) is 19.3 Å². The summed E-state index contributed by atoms with van der Waals surface area (Å²) >= 11 is 0. The van der Waals surface area contributed by atoms with E-state index in [0.29, 0.717) is 18.7 Å². The van der Waals surface area contributed by atoms with Gasteiger partial charge in [-0.3, -0.25) is 0 Å². The molecule has 2 aromatic rings. The quantitative estimate of drug-likeness (QED) is 0.687. The Morgan fingerprint density at radius 3 is 2.63 bits per heavy atom. The molecule has 0 aliphatic rings. The van der Waals surface area contributed by atoms with Gasteiger partial charge in [-0.1, -0.05) is 36.3 Å². The summed E-state index contributed by atoms with van der Waals surface area (Å²) in [5.41, 5.74) is 11.6. The van der Waals surface area contributed by atoms with Crippen molar-refractivity contribution in [2.75, 3.05) is 0 Å². The molecule has 0 aliphatic heterocycles. The second-order valence-electron chi connectivity index (χ2n) is 6.78. The third-order valence-electron chi connectivity index (χ3n) is 4.64. The maximum absolute atomic E-state index is 11.2. The molecule has 140 valence electrons. The first-order valence-electron chi connectivity index (χ1n) is 9.15. The zero-order valence-corrected chi connectivity index (χ0v) is 16.3. The van der Waals surface area contributed by atoms with Gasteiger partial charge in [0.25, 0.3) is 0 Å². The number of rotatable bonds is 8. The molecule has 0 bridgehead atoms. The van der Waals surface area contributed by atoms with Gasteiger partial charge >= 0.3 is 0 Å². The summed E-state index contributed by atoms with van der Waals surface area (Å²) < 4.78 is 6.11. The molecule has 0 saturated heterocycles. The van der Waals surface area contributed by atoms with Gasteiger partial charge in [-0.25, -0.2) is 0 Å². The lowest BCUT2D eigenvalue weighted by molar-refractivity contribution is -0.117. The van der Waals surface area contributed by atoms with E-state index in [1.54, 1.807) is 6.92 Å². The van der Waals surface area contributed by atoms with Crippen molar-refractivity contribution in [2.24, 2.45) is 5.73 Å². The number of Topliss-reactive ketones (excluding diaryl/α,β-unsaturated/α-hetero) is 1. The van der Waals surface area contributed by atoms with Crippen LogP contribution in [0.1, 0.15) is 48.9 Å². The Kier molecular flexibility index (Phi) is 7.25. The highest BCUT2D eigenvalue weighted by Crippen LogP contribution is 2.26. The van der Waals surface area contributed by atoms with Gasteiger partial charge in [-0.15, -0.1) is 6.42 Å². The minimum Gasteiger partial charge on any atom is -0.489 e. The molecule has 2 rings (SSSR count). The van der Waals surface area contributed by atoms with Crippen LogP contribution in [-0.2, 0) is 17.8 Å². The molecule has 2 aromatic carbocycles. The van der Waals surface area contributed by atoms with Gasteiger partial charge in [-0.05, 0) is 73.6 Å². The molecular weight excluding hydrogens is 334 g/mol. The van der Waals surface area contributed by atoms with E-state index in [1.807, 2.05) is 43.3 Å². The summed E-state index contributed by atoms with van der Waals surface area (Å²) in [6.45, 7) is 6.09. The van der Waals surface area contributed by atoms with Crippen molar-refractivity contribution in [3.63, 3.8) is 0 Å². The third-order valence-corrected chi connectivity index (χ3v) is 4.64. The van der Waals surface area contributed by atoms with Crippen molar-refractivity contribution in [3.8, 4) is 18.1 Å². The number of aryl methyl sites for hydroxylation is 1. The van der Waals surface area contributed by atoms with Crippen LogP contribution in [-0.4, -0.2) is 5.78 Å². The Morgan fingerprint density at radius 1 is 1.19 bits per heavy atom. The van der Waals surface area contributed by atoms with Crippen LogP contribution in [0.15, 0.2) is 48.2 Å². The second kappa shape index (κ2) is 9.64. The molecule has 3 nitrogen and oxygen atoms in total. The zero-order chi connectivity index (χ0) is 19.8. The van der Waals surface area contributed by atoms with Crippen LogP contribution < -0.4 is 10.5 Å². The van der Waals surface area contributed by atoms with Crippen molar-refractivity contribution < 1.29 is 9.53 Å². The molecule has 0 atom stereocenters. The molecule has 0 radical (unpaired) electrons.